The topological polar surface area (TPSA) is 87.8 Å². The third kappa shape index (κ3) is 2.90. The Morgan fingerprint density at radius 1 is 1.40 bits per heavy atom. The maximum absolute atomic E-state index is 12.0. The van der Waals surface area contributed by atoms with Crippen molar-refractivity contribution >= 4 is 11.6 Å². The molecule has 0 aliphatic carbocycles. The van der Waals surface area contributed by atoms with E-state index in [2.05, 4.69) is 10.4 Å². The lowest BCUT2D eigenvalue weighted by atomic mass is 10.2. The lowest BCUT2D eigenvalue weighted by Crippen LogP contribution is -2.25. The van der Waals surface area contributed by atoms with Crippen LogP contribution in [0.3, 0.4) is 0 Å². The Morgan fingerprint density at radius 3 is 2.90 bits per heavy atom. The normalized spacial score (nSPS) is 9.80. The second-order valence-corrected chi connectivity index (χ2v) is 4.02. The van der Waals surface area contributed by atoms with Gasteiger partial charge in [0.2, 0.25) is 0 Å². The predicted molar refractivity (Wildman–Crippen MR) is 73.3 cm³/mol. The van der Waals surface area contributed by atoms with Gasteiger partial charge in [-0.25, -0.2) is 4.68 Å². The quantitative estimate of drug-likeness (QED) is 0.911. The van der Waals surface area contributed by atoms with Crippen LogP contribution in [0.25, 0.3) is 0 Å². The number of anilines is 1. The van der Waals surface area contributed by atoms with E-state index < -0.39 is 5.91 Å². The van der Waals surface area contributed by atoms with E-state index in [9.17, 15) is 9.59 Å². The van der Waals surface area contributed by atoms with Crippen molar-refractivity contribution in [1.29, 1.82) is 5.26 Å². The van der Waals surface area contributed by atoms with E-state index in [-0.39, 0.29) is 11.3 Å². The fourth-order valence-electron chi connectivity index (χ4n) is 1.66. The van der Waals surface area contributed by atoms with Crippen molar-refractivity contribution in [3.8, 4) is 6.07 Å². The van der Waals surface area contributed by atoms with Gasteiger partial charge in [-0.3, -0.25) is 9.59 Å². The molecular formula is C14H12N4O2. The summed E-state index contributed by atoms with van der Waals surface area (Å²) in [6.07, 6.45) is 0. The highest BCUT2D eigenvalue weighted by Crippen LogP contribution is 2.10. The van der Waals surface area contributed by atoms with Crippen LogP contribution in [0, 0.1) is 11.3 Å². The van der Waals surface area contributed by atoms with Gasteiger partial charge in [-0.2, -0.15) is 10.4 Å². The van der Waals surface area contributed by atoms with Crippen molar-refractivity contribution in [2.24, 2.45) is 0 Å². The van der Waals surface area contributed by atoms with Gasteiger partial charge in [-0.15, -0.1) is 0 Å². The van der Waals surface area contributed by atoms with Crippen molar-refractivity contribution < 1.29 is 4.79 Å². The van der Waals surface area contributed by atoms with Crippen molar-refractivity contribution in [2.45, 2.75) is 13.5 Å². The van der Waals surface area contributed by atoms with E-state index in [1.54, 1.807) is 31.2 Å². The van der Waals surface area contributed by atoms with Crippen LogP contribution >= 0.6 is 0 Å². The van der Waals surface area contributed by atoms with Gasteiger partial charge in [0, 0.05) is 18.3 Å². The van der Waals surface area contributed by atoms with Crippen molar-refractivity contribution in [3.05, 3.63) is 58.0 Å². The Labute approximate surface area is 115 Å². The first-order valence-electron chi connectivity index (χ1n) is 6.03. The van der Waals surface area contributed by atoms with E-state index in [1.807, 2.05) is 6.07 Å². The number of nitrogens with one attached hydrogen (secondary N) is 1. The minimum atomic E-state index is -0.428. The smallest absolute Gasteiger partial charge is 0.276 e. The number of carbonyl (C=O) groups is 1. The maximum atomic E-state index is 12.0. The van der Waals surface area contributed by atoms with Crippen molar-refractivity contribution in [1.82, 2.24) is 9.78 Å². The van der Waals surface area contributed by atoms with Crippen molar-refractivity contribution in [2.75, 3.05) is 5.32 Å². The fraction of sp³-hybridized carbons (Fsp3) is 0.143. The molecule has 0 radical (unpaired) electrons. The fourth-order valence-corrected chi connectivity index (χ4v) is 1.66. The third-order valence-electron chi connectivity index (χ3n) is 2.65. The molecule has 1 N–H and O–H groups in total. The molecule has 1 aromatic heterocycles. The average molecular weight is 268 g/mol. The molecule has 100 valence electrons. The number of benzene rings is 1. The lowest BCUT2D eigenvalue weighted by molar-refractivity contribution is 0.102. The molecule has 1 heterocycles. The van der Waals surface area contributed by atoms with Crippen LogP contribution in [0.1, 0.15) is 23.0 Å². The Kier molecular flexibility index (Phi) is 3.91. The van der Waals surface area contributed by atoms with Gasteiger partial charge in [0.25, 0.3) is 11.5 Å². The summed E-state index contributed by atoms with van der Waals surface area (Å²) in [6.45, 7) is 2.16. The third-order valence-corrected chi connectivity index (χ3v) is 2.65. The first-order chi connectivity index (χ1) is 9.63. The van der Waals surface area contributed by atoms with Crippen molar-refractivity contribution in [3.63, 3.8) is 0 Å². The average Bonchev–Trinajstić information content (AvgIpc) is 2.47. The number of aryl methyl sites for hydroxylation is 1. The zero-order valence-corrected chi connectivity index (χ0v) is 10.8. The van der Waals surface area contributed by atoms with Crippen LogP contribution in [0.15, 0.2) is 41.2 Å². The standard InChI is InChI=1S/C14H12N4O2/c1-2-18-13(19)7-6-12(17-18)14(20)16-11-5-3-4-10(8-11)9-15/h3-8H,2H2,1H3,(H,16,20). The molecule has 0 unspecified atom stereocenters. The zero-order chi connectivity index (χ0) is 14.5. The summed E-state index contributed by atoms with van der Waals surface area (Å²) in [4.78, 5) is 23.4. The van der Waals surface area contributed by atoms with E-state index >= 15 is 0 Å². The molecule has 0 fully saturated rings. The highest BCUT2D eigenvalue weighted by Gasteiger charge is 2.09. The van der Waals surface area contributed by atoms with Crippen LogP contribution in [-0.4, -0.2) is 15.7 Å². The van der Waals surface area contributed by atoms with Crippen LogP contribution in [-0.2, 0) is 6.54 Å². The van der Waals surface area contributed by atoms with Gasteiger partial charge in [-0.05, 0) is 31.2 Å². The molecule has 0 bridgehead atoms. The van der Waals surface area contributed by atoms with Crippen LogP contribution in [0.5, 0.6) is 0 Å². The van der Waals surface area contributed by atoms with Gasteiger partial charge in [0.1, 0.15) is 5.69 Å². The van der Waals surface area contributed by atoms with Crippen LogP contribution in [0.2, 0.25) is 0 Å². The Morgan fingerprint density at radius 2 is 2.20 bits per heavy atom. The second-order valence-electron chi connectivity index (χ2n) is 4.02. The number of aromatic nitrogens is 2. The molecule has 6 heteroatoms. The number of hydrogen-bond donors (Lipinski definition) is 1. The summed E-state index contributed by atoms with van der Waals surface area (Å²) < 4.78 is 1.21. The summed E-state index contributed by atoms with van der Waals surface area (Å²) in [7, 11) is 0. The first kappa shape index (κ1) is 13.5. The summed E-state index contributed by atoms with van der Waals surface area (Å²) in [6, 6.07) is 11.2. The number of carbonyl (C=O) groups excluding carboxylic acids is 1. The van der Waals surface area contributed by atoms with Gasteiger partial charge >= 0.3 is 0 Å². The second kappa shape index (κ2) is 5.80. The SMILES string of the molecule is CCn1nc(C(=O)Nc2cccc(C#N)c2)ccc1=O. The molecule has 1 amide bonds. The van der Waals surface area contributed by atoms with E-state index in [4.69, 9.17) is 5.26 Å². The Bertz CT molecular complexity index is 743. The van der Waals surface area contributed by atoms with E-state index in [1.165, 1.54) is 16.8 Å². The summed E-state index contributed by atoms with van der Waals surface area (Å²) in [5.74, 6) is -0.428. The molecule has 0 aliphatic heterocycles. The molecule has 0 aliphatic rings. The molecule has 1 aromatic carbocycles. The number of rotatable bonds is 3. The molecule has 0 saturated carbocycles. The summed E-state index contributed by atoms with van der Waals surface area (Å²) >= 11 is 0. The van der Waals surface area contributed by atoms with Gasteiger partial charge in [0.15, 0.2) is 0 Å². The first-order valence-corrected chi connectivity index (χ1v) is 6.03. The maximum Gasteiger partial charge on any atom is 0.276 e. The summed E-state index contributed by atoms with van der Waals surface area (Å²) in [5, 5.41) is 15.4. The molecular weight excluding hydrogens is 256 g/mol. The van der Waals surface area contributed by atoms with Crippen LogP contribution < -0.4 is 10.9 Å². The minimum absolute atomic E-state index is 0.147. The molecule has 6 nitrogen and oxygen atoms in total. The Balaban J connectivity index is 2.24. The highest BCUT2D eigenvalue weighted by molar-refractivity contribution is 6.02. The zero-order valence-electron chi connectivity index (χ0n) is 10.8. The number of amides is 1. The predicted octanol–water partition coefficient (Wildman–Crippen LogP) is 1.39. The molecule has 0 atom stereocenters. The van der Waals surface area contributed by atoms with Gasteiger partial charge in [-0.1, -0.05) is 6.07 Å². The lowest BCUT2D eigenvalue weighted by Gasteiger charge is -2.06. The monoisotopic (exact) mass is 268 g/mol. The largest absolute Gasteiger partial charge is 0.321 e. The number of nitrogens with zero attached hydrogens (tertiary/aromatic N) is 3. The number of hydrogen-bond acceptors (Lipinski definition) is 4. The van der Waals surface area contributed by atoms with Gasteiger partial charge in [0.05, 0.1) is 11.6 Å². The molecule has 2 rings (SSSR count). The number of nitriles is 1. The molecule has 20 heavy (non-hydrogen) atoms. The van der Waals surface area contributed by atoms with Crippen LogP contribution in [0.4, 0.5) is 5.69 Å². The Hall–Kier alpha value is -2.94. The van der Waals surface area contributed by atoms with E-state index in [0.717, 1.165) is 0 Å². The van der Waals surface area contributed by atoms with Gasteiger partial charge < -0.3 is 5.32 Å². The molecule has 2 aromatic rings. The highest BCUT2D eigenvalue weighted by atomic mass is 16.2. The molecule has 0 saturated heterocycles. The van der Waals surface area contributed by atoms with E-state index in [0.29, 0.717) is 17.8 Å². The molecule has 0 spiro atoms. The summed E-state index contributed by atoms with van der Waals surface area (Å²) in [5.41, 5.74) is 0.851. The minimum Gasteiger partial charge on any atom is -0.321 e.